The molecule has 244 valence electrons. The number of carbonyl (C=O) groups is 3. The highest BCUT2D eigenvalue weighted by molar-refractivity contribution is 7.48. The predicted molar refractivity (Wildman–Crippen MR) is 179 cm³/mol. The zero-order chi connectivity index (χ0) is 33.3. The lowest BCUT2D eigenvalue weighted by Gasteiger charge is -2.17. The number of unbranched alkanes of at least 4 members (excludes halogenated alkanes) is 3. The maximum absolute atomic E-state index is 13.6. The third kappa shape index (κ3) is 8.18. The first-order valence-electron chi connectivity index (χ1n) is 15.7. The first kappa shape index (κ1) is 34.8. The number of hydrogen-bond donors (Lipinski definition) is 0. The van der Waals surface area contributed by atoms with Gasteiger partial charge in [0.2, 0.25) is 5.78 Å². The highest BCUT2D eigenvalue weighted by atomic mass is 31.2. The summed E-state index contributed by atoms with van der Waals surface area (Å²) in [6.07, 6.45) is 4.20. The monoisotopic (exact) mass is 648 g/mol. The lowest BCUT2D eigenvalue weighted by molar-refractivity contribution is -0.140. The van der Waals surface area contributed by atoms with Gasteiger partial charge in [0.25, 0.3) is 0 Å². The van der Waals surface area contributed by atoms with Crippen LogP contribution < -0.4 is 4.52 Å². The fraction of sp³-hybridized carbons (Fsp3) is 0.371. The first-order chi connectivity index (χ1) is 22.1. The molecule has 0 aliphatic heterocycles. The van der Waals surface area contributed by atoms with Gasteiger partial charge in [-0.25, -0.2) is 9.36 Å². The van der Waals surface area contributed by atoms with Crippen molar-refractivity contribution < 1.29 is 37.4 Å². The van der Waals surface area contributed by atoms with Crippen molar-refractivity contribution in [1.29, 1.82) is 0 Å². The smallest absolute Gasteiger partial charge is 0.404 e. The van der Waals surface area contributed by atoms with E-state index in [1.807, 2.05) is 31.2 Å². The molecular weight excluding hydrogens is 607 g/mol. The SMILES string of the molecule is CCCCCC/C(=N/OC(C)=O)C(=O)c1ccc2c(c1)c1cc(C(=O)c3ccc(OP(=O)(OCC)OCC)cc3)ccc1n2CC. The van der Waals surface area contributed by atoms with E-state index in [9.17, 15) is 18.9 Å². The highest BCUT2D eigenvalue weighted by Gasteiger charge is 2.27. The Morgan fingerprint density at radius 3 is 1.91 bits per heavy atom. The normalized spacial score (nSPS) is 12.1. The summed E-state index contributed by atoms with van der Waals surface area (Å²) in [5, 5.41) is 5.55. The van der Waals surface area contributed by atoms with Crippen LogP contribution in [0.4, 0.5) is 0 Å². The molecule has 0 saturated carbocycles. The number of phosphoric acid groups is 1. The fourth-order valence-electron chi connectivity index (χ4n) is 5.30. The minimum atomic E-state index is -3.77. The number of ketones is 2. The van der Waals surface area contributed by atoms with Crippen molar-refractivity contribution in [2.45, 2.75) is 73.3 Å². The van der Waals surface area contributed by atoms with E-state index in [0.717, 1.165) is 47.5 Å². The molecule has 0 N–H and O–H groups in total. The molecule has 46 heavy (non-hydrogen) atoms. The molecule has 0 radical (unpaired) electrons. The van der Waals surface area contributed by atoms with Gasteiger partial charge in [0.15, 0.2) is 5.78 Å². The van der Waals surface area contributed by atoms with Gasteiger partial charge in [-0.3, -0.25) is 18.6 Å². The Kier molecular flexibility index (Phi) is 12.0. The summed E-state index contributed by atoms with van der Waals surface area (Å²) in [5.74, 6) is -0.846. The number of fused-ring (bicyclic) bond motifs is 3. The van der Waals surface area contributed by atoms with Gasteiger partial charge in [0.1, 0.15) is 11.5 Å². The number of Topliss-reactive ketones (excluding diaryl/α,β-unsaturated/α-hetero) is 1. The average molecular weight is 649 g/mol. The Labute approximate surface area is 269 Å². The number of oxime groups is 1. The molecule has 1 heterocycles. The number of rotatable bonds is 17. The number of benzene rings is 3. The number of aromatic nitrogens is 1. The van der Waals surface area contributed by atoms with Gasteiger partial charge in [-0.15, -0.1) is 0 Å². The molecule has 4 aromatic rings. The average Bonchev–Trinajstić information content (AvgIpc) is 3.36. The third-order valence-corrected chi connectivity index (χ3v) is 9.01. The molecule has 0 saturated heterocycles. The van der Waals surface area contributed by atoms with Crippen molar-refractivity contribution in [1.82, 2.24) is 4.57 Å². The summed E-state index contributed by atoms with van der Waals surface area (Å²) in [6.45, 7) is 9.78. The summed E-state index contributed by atoms with van der Waals surface area (Å²) in [7, 11) is -3.77. The molecule has 0 atom stereocenters. The van der Waals surface area contributed by atoms with Crippen LogP contribution in [0.5, 0.6) is 5.75 Å². The second-order valence-electron chi connectivity index (χ2n) is 10.7. The van der Waals surface area contributed by atoms with E-state index < -0.39 is 13.8 Å². The number of aryl methyl sites for hydroxylation is 1. The molecule has 11 heteroatoms. The van der Waals surface area contributed by atoms with Crippen LogP contribution in [0.2, 0.25) is 0 Å². The molecule has 4 rings (SSSR count). The Hall–Kier alpha value is -4.11. The van der Waals surface area contributed by atoms with Crippen LogP contribution in [0.1, 0.15) is 93.0 Å². The second-order valence-corrected chi connectivity index (χ2v) is 12.3. The maximum atomic E-state index is 13.6. The van der Waals surface area contributed by atoms with E-state index in [4.69, 9.17) is 18.4 Å². The molecule has 0 amide bonds. The second kappa shape index (κ2) is 15.9. The van der Waals surface area contributed by atoms with Crippen LogP contribution in [0.3, 0.4) is 0 Å². The molecule has 1 aromatic heterocycles. The highest BCUT2D eigenvalue weighted by Crippen LogP contribution is 2.49. The Morgan fingerprint density at radius 1 is 0.761 bits per heavy atom. The number of nitrogens with zero attached hydrogens (tertiary/aromatic N) is 2. The molecule has 0 spiro atoms. The van der Waals surface area contributed by atoms with E-state index in [-0.39, 0.29) is 36.2 Å². The zero-order valence-electron chi connectivity index (χ0n) is 27.0. The van der Waals surface area contributed by atoms with Gasteiger partial charge in [-0.05, 0) is 94.3 Å². The summed E-state index contributed by atoms with van der Waals surface area (Å²) >= 11 is 0. The first-order valence-corrected chi connectivity index (χ1v) is 17.2. The molecular formula is C35H41N2O8P. The largest absolute Gasteiger partial charge is 0.530 e. The van der Waals surface area contributed by atoms with Gasteiger partial charge in [0, 0.05) is 52.0 Å². The van der Waals surface area contributed by atoms with Crippen LogP contribution in [0.15, 0.2) is 65.8 Å². The molecule has 0 bridgehead atoms. The minimum absolute atomic E-state index is 0.155. The van der Waals surface area contributed by atoms with Crippen molar-refractivity contribution in [3.63, 3.8) is 0 Å². The van der Waals surface area contributed by atoms with Crippen LogP contribution in [0, 0.1) is 0 Å². The number of carbonyl (C=O) groups excluding carboxylic acids is 3. The third-order valence-electron chi connectivity index (χ3n) is 7.43. The van der Waals surface area contributed by atoms with Crippen LogP contribution >= 0.6 is 7.82 Å². The van der Waals surface area contributed by atoms with Gasteiger partial charge in [0.05, 0.1) is 13.2 Å². The van der Waals surface area contributed by atoms with E-state index in [1.165, 1.54) is 6.92 Å². The van der Waals surface area contributed by atoms with Gasteiger partial charge in [-0.2, -0.15) is 0 Å². The molecule has 0 unspecified atom stereocenters. The summed E-state index contributed by atoms with van der Waals surface area (Å²) in [4.78, 5) is 43.5. The quantitative estimate of drug-likeness (QED) is 0.0278. The van der Waals surface area contributed by atoms with Crippen molar-refractivity contribution in [2.75, 3.05) is 13.2 Å². The lowest BCUT2D eigenvalue weighted by Crippen LogP contribution is -2.16. The maximum Gasteiger partial charge on any atom is 0.530 e. The van der Waals surface area contributed by atoms with Crippen molar-refractivity contribution >= 4 is 52.9 Å². The fourth-order valence-corrected chi connectivity index (χ4v) is 6.49. The molecule has 3 aromatic carbocycles. The minimum Gasteiger partial charge on any atom is -0.404 e. The van der Waals surface area contributed by atoms with Gasteiger partial charge < -0.3 is 13.9 Å². The molecule has 10 nitrogen and oxygen atoms in total. The number of hydrogen-bond acceptors (Lipinski definition) is 9. The van der Waals surface area contributed by atoms with E-state index in [2.05, 4.69) is 16.6 Å². The summed E-state index contributed by atoms with van der Waals surface area (Å²) in [5.41, 5.74) is 3.36. The van der Waals surface area contributed by atoms with E-state index in [1.54, 1.807) is 50.2 Å². The standard InChI is InChI=1S/C35H41N2O8P/c1-6-10-11-12-13-31(36-44-24(5)38)35(40)27-17-21-33-30(23-27)29-22-26(16-20-32(29)37(33)7-2)34(39)25-14-18-28(19-15-25)45-46(41,42-8-3)43-9-4/h14-23H,6-13H2,1-5H3/b36-31-. The van der Waals surface area contributed by atoms with Crippen LogP contribution in [-0.2, 0) is 29.8 Å². The van der Waals surface area contributed by atoms with Crippen LogP contribution in [-0.4, -0.2) is 41.0 Å². The Balaban J connectivity index is 1.67. The summed E-state index contributed by atoms with van der Waals surface area (Å²) < 4.78 is 30.7. The summed E-state index contributed by atoms with van der Waals surface area (Å²) in [6, 6.07) is 17.3. The topological polar surface area (TPSA) is 122 Å². The predicted octanol–water partition coefficient (Wildman–Crippen LogP) is 8.68. The Bertz CT molecular complexity index is 1780. The van der Waals surface area contributed by atoms with Crippen molar-refractivity contribution in [2.24, 2.45) is 5.16 Å². The zero-order valence-corrected chi connectivity index (χ0v) is 27.9. The molecule has 0 aliphatic carbocycles. The van der Waals surface area contributed by atoms with Crippen LogP contribution in [0.25, 0.3) is 21.8 Å². The van der Waals surface area contributed by atoms with Crippen molar-refractivity contribution in [3.8, 4) is 5.75 Å². The van der Waals surface area contributed by atoms with Gasteiger partial charge >= 0.3 is 13.8 Å². The molecule has 0 aliphatic rings. The number of phosphoric ester groups is 1. The Morgan fingerprint density at radius 2 is 1.35 bits per heavy atom. The van der Waals surface area contributed by atoms with E-state index in [0.29, 0.717) is 29.7 Å². The van der Waals surface area contributed by atoms with E-state index >= 15 is 0 Å². The van der Waals surface area contributed by atoms with Crippen molar-refractivity contribution in [3.05, 3.63) is 77.4 Å². The molecule has 0 fully saturated rings. The van der Waals surface area contributed by atoms with Gasteiger partial charge in [-0.1, -0.05) is 31.3 Å². The lowest BCUT2D eigenvalue weighted by atomic mass is 9.98.